The molecule has 24 heavy (non-hydrogen) atoms. The van der Waals surface area contributed by atoms with E-state index in [4.69, 9.17) is 4.74 Å². The van der Waals surface area contributed by atoms with Crippen molar-refractivity contribution in [3.63, 3.8) is 0 Å². The molecule has 126 valence electrons. The Labute approximate surface area is 142 Å². The summed E-state index contributed by atoms with van der Waals surface area (Å²) in [4.78, 5) is 15.9. The number of aromatic nitrogens is 1. The van der Waals surface area contributed by atoms with Crippen molar-refractivity contribution in [2.75, 3.05) is 26.7 Å². The lowest BCUT2D eigenvalue weighted by molar-refractivity contribution is 0.0555. The van der Waals surface area contributed by atoms with Gasteiger partial charge in [-0.05, 0) is 73.7 Å². The molecule has 0 saturated carbocycles. The highest BCUT2D eigenvalue weighted by Crippen LogP contribution is 2.38. The first kappa shape index (κ1) is 14.5. The second-order valence-electron chi connectivity index (χ2n) is 7.60. The first-order chi connectivity index (χ1) is 11.8. The average Bonchev–Trinajstić information content (AvgIpc) is 2.65. The molecule has 4 aliphatic rings. The molecule has 0 spiro atoms. The van der Waals surface area contributed by atoms with Gasteiger partial charge in [0.25, 0.3) is 5.56 Å². The molecule has 2 bridgehead atoms. The summed E-state index contributed by atoms with van der Waals surface area (Å²) in [7, 11) is 1.67. The van der Waals surface area contributed by atoms with Gasteiger partial charge in [0.1, 0.15) is 5.75 Å². The average molecular weight is 324 g/mol. The number of nitrogens with zero attached hydrogens (tertiary/aromatic N) is 2. The Balaban J connectivity index is 1.76. The molecule has 0 amide bonds. The molecule has 4 nitrogen and oxygen atoms in total. The summed E-state index contributed by atoms with van der Waals surface area (Å²) in [6.07, 6.45) is 7.93. The summed E-state index contributed by atoms with van der Waals surface area (Å²) in [6, 6.07) is 4.45. The molecule has 3 aliphatic heterocycles. The standard InChI is InChI=1S/C20H24N2O2/c1-24-17-6-5-14-3-2-4-15-11-22(20(23)19(17)18(14)15)16-12-21-9-7-13(16)8-10-21/h5-6,11,13,16H,2-4,7-10,12H2,1H3/t16-/m1/s1. The number of ether oxygens (including phenoxy) is 1. The van der Waals surface area contributed by atoms with Gasteiger partial charge in [0.2, 0.25) is 0 Å². The van der Waals surface area contributed by atoms with Crippen molar-refractivity contribution in [1.82, 2.24) is 9.47 Å². The molecule has 4 heterocycles. The minimum absolute atomic E-state index is 0.146. The van der Waals surface area contributed by atoms with Gasteiger partial charge in [-0.1, -0.05) is 6.07 Å². The Morgan fingerprint density at radius 2 is 1.88 bits per heavy atom. The van der Waals surface area contributed by atoms with E-state index in [0.717, 1.165) is 30.5 Å². The third kappa shape index (κ3) is 1.99. The van der Waals surface area contributed by atoms with E-state index >= 15 is 0 Å². The minimum Gasteiger partial charge on any atom is -0.496 e. The van der Waals surface area contributed by atoms with E-state index in [1.807, 2.05) is 6.07 Å². The molecule has 0 radical (unpaired) electrons. The number of pyridine rings is 1. The maximum Gasteiger partial charge on any atom is 0.262 e. The SMILES string of the molecule is COc1ccc2c3c(cn([C@@H]4CN5CCC4CC5)c(=O)c13)CCC2. The molecule has 1 aromatic heterocycles. The van der Waals surface area contributed by atoms with Gasteiger partial charge >= 0.3 is 0 Å². The Morgan fingerprint density at radius 1 is 1.08 bits per heavy atom. The molecule has 2 aromatic rings. The van der Waals surface area contributed by atoms with E-state index in [0.29, 0.717) is 12.0 Å². The number of methoxy groups -OCH3 is 1. The quantitative estimate of drug-likeness (QED) is 0.852. The molecule has 1 atom stereocenters. The number of aryl methyl sites for hydroxylation is 2. The second-order valence-corrected chi connectivity index (χ2v) is 7.60. The summed E-state index contributed by atoms with van der Waals surface area (Å²) in [5.74, 6) is 1.38. The molecule has 1 aromatic carbocycles. The zero-order valence-electron chi connectivity index (χ0n) is 14.3. The van der Waals surface area contributed by atoms with Crippen molar-refractivity contribution in [2.24, 2.45) is 5.92 Å². The Bertz CT molecular complexity index is 862. The molecule has 0 N–H and O–H groups in total. The maximum atomic E-state index is 13.4. The monoisotopic (exact) mass is 324 g/mol. The van der Waals surface area contributed by atoms with Crippen molar-refractivity contribution in [3.8, 4) is 5.75 Å². The van der Waals surface area contributed by atoms with Crippen LogP contribution in [0, 0.1) is 5.92 Å². The Kier molecular flexibility index (Phi) is 3.24. The number of piperidine rings is 3. The minimum atomic E-state index is 0.146. The fourth-order valence-electron chi connectivity index (χ4n) is 5.16. The zero-order valence-corrected chi connectivity index (χ0v) is 14.3. The fourth-order valence-corrected chi connectivity index (χ4v) is 5.16. The van der Waals surface area contributed by atoms with Crippen LogP contribution >= 0.6 is 0 Å². The van der Waals surface area contributed by atoms with Crippen LogP contribution in [0.3, 0.4) is 0 Å². The highest BCUT2D eigenvalue weighted by Gasteiger charge is 2.36. The van der Waals surface area contributed by atoms with Crippen LogP contribution in [0.4, 0.5) is 0 Å². The molecule has 0 unspecified atom stereocenters. The summed E-state index contributed by atoms with van der Waals surface area (Å²) in [5, 5.41) is 1.98. The van der Waals surface area contributed by atoms with Crippen LogP contribution in [0.1, 0.15) is 36.4 Å². The number of fused-ring (bicyclic) bond motifs is 3. The first-order valence-corrected chi connectivity index (χ1v) is 9.22. The summed E-state index contributed by atoms with van der Waals surface area (Å²) < 4.78 is 7.63. The molecule has 4 heteroatoms. The highest BCUT2D eigenvalue weighted by molar-refractivity contribution is 5.93. The molecular formula is C20H24N2O2. The lowest BCUT2D eigenvalue weighted by atomic mass is 9.83. The van der Waals surface area contributed by atoms with Crippen LogP contribution < -0.4 is 10.3 Å². The topological polar surface area (TPSA) is 34.5 Å². The van der Waals surface area contributed by atoms with Crippen molar-refractivity contribution in [2.45, 2.75) is 38.1 Å². The molecule has 3 saturated heterocycles. The van der Waals surface area contributed by atoms with Crippen LogP contribution in [-0.2, 0) is 12.8 Å². The second kappa shape index (κ2) is 5.35. The van der Waals surface area contributed by atoms with E-state index < -0.39 is 0 Å². The van der Waals surface area contributed by atoms with E-state index in [1.54, 1.807) is 7.11 Å². The van der Waals surface area contributed by atoms with Gasteiger partial charge in [0, 0.05) is 12.7 Å². The zero-order chi connectivity index (χ0) is 16.3. The van der Waals surface area contributed by atoms with E-state index in [1.165, 1.54) is 48.9 Å². The van der Waals surface area contributed by atoms with Gasteiger partial charge in [-0.15, -0.1) is 0 Å². The van der Waals surface area contributed by atoms with Gasteiger partial charge in [0.05, 0.1) is 18.5 Å². The maximum absolute atomic E-state index is 13.4. The smallest absolute Gasteiger partial charge is 0.262 e. The third-order valence-corrected chi connectivity index (χ3v) is 6.41. The molecule has 6 rings (SSSR count). The first-order valence-electron chi connectivity index (χ1n) is 9.22. The normalized spacial score (nSPS) is 28.3. The van der Waals surface area contributed by atoms with Crippen LogP contribution in [0.5, 0.6) is 5.75 Å². The lowest BCUT2D eigenvalue weighted by Gasteiger charge is -2.45. The Hall–Kier alpha value is -1.81. The van der Waals surface area contributed by atoms with Crippen LogP contribution in [0.25, 0.3) is 10.8 Å². The van der Waals surface area contributed by atoms with Gasteiger partial charge in [-0.2, -0.15) is 0 Å². The highest BCUT2D eigenvalue weighted by atomic mass is 16.5. The number of benzene rings is 1. The van der Waals surface area contributed by atoms with E-state index in [-0.39, 0.29) is 5.56 Å². The predicted octanol–water partition coefficient (Wildman–Crippen LogP) is 2.77. The Morgan fingerprint density at radius 3 is 2.58 bits per heavy atom. The third-order valence-electron chi connectivity index (χ3n) is 6.41. The van der Waals surface area contributed by atoms with Crippen LogP contribution in [0.2, 0.25) is 0 Å². The molecule has 1 aliphatic carbocycles. The summed E-state index contributed by atoms with van der Waals surface area (Å²) in [6.45, 7) is 3.42. The van der Waals surface area contributed by atoms with E-state index in [2.05, 4.69) is 21.7 Å². The lowest BCUT2D eigenvalue weighted by Crippen LogP contribution is -2.50. The van der Waals surface area contributed by atoms with E-state index in [9.17, 15) is 4.79 Å². The van der Waals surface area contributed by atoms with Gasteiger partial charge in [0.15, 0.2) is 0 Å². The fraction of sp³-hybridized carbons (Fsp3) is 0.550. The molecule has 3 fully saturated rings. The summed E-state index contributed by atoms with van der Waals surface area (Å²) in [5.41, 5.74) is 2.79. The van der Waals surface area contributed by atoms with Crippen molar-refractivity contribution in [1.29, 1.82) is 0 Å². The number of rotatable bonds is 2. The number of hydrogen-bond donors (Lipinski definition) is 0. The predicted molar refractivity (Wildman–Crippen MR) is 95.0 cm³/mol. The van der Waals surface area contributed by atoms with Crippen LogP contribution in [0.15, 0.2) is 23.1 Å². The summed E-state index contributed by atoms with van der Waals surface area (Å²) >= 11 is 0. The largest absolute Gasteiger partial charge is 0.496 e. The van der Waals surface area contributed by atoms with Crippen molar-refractivity contribution < 1.29 is 4.74 Å². The molecular weight excluding hydrogens is 300 g/mol. The van der Waals surface area contributed by atoms with Gasteiger partial charge < -0.3 is 14.2 Å². The number of hydrogen-bond acceptors (Lipinski definition) is 3. The van der Waals surface area contributed by atoms with Crippen molar-refractivity contribution in [3.05, 3.63) is 39.8 Å². The van der Waals surface area contributed by atoms with Crippen LogP contribution in [-0.4, -0.2) is 36.2 Å². The van der Waals surface area contributed by atoms with Gasteiger partial charge in [-0.3, -0.25) is 4.79 Å². The van der Waals surface area contributed by atoms with Crippen molar-refractivity contribution >= 4 is 10.8 Å². The van der Waals surface area contributed by atoms with Gasteiger partial charge in [-0.25, -0.2) is 0 Å².